The van der Waals surface area contributed by atoms with Crippen LogP contribution in [0.1, 0.15) is 16.7 Å². The molecule has 24 heavy (non-hydrogen) atoms. The van der Waals surface area contributed by atoms with E-state index < -0.39 is 0 Å². The van der Waals surface area contributed by atoms with Crippen molar-refractivity contribution in [1.82, 2.24) is 9.97 Å². The molecular weight excluding hydrogens is 324 g/mol. The van der Waals surface area contributed by atoms with Gasteiger partial charge >= 0.3 is 0 Å². The van der Waals surface area contributed by atoms with Crippen LogP contribution in [0, 0.1) is 6.92 Å². The predicted molar refractivity (Wildman–Crippen MR) is 95.4 cm³/mol. The number of aromatic nitrogens is 2. The first-order chi connectivity index (χ1) is 11.7. The van der Waals surface area contributed by atoms with Crippen molar-refractivity contribution in [2.75, 3.05) is 5.32 Å². The zero-order valence-corrected chi connectivity index (χ0v) is 13.7. The van der Waals surface area contributed by atoms with Crippen LogP contribution in [-0.2, 0) is 0 Å². The van der Waals surface area contributed by atoms with Crippen molar-refractivity contribution >= 4 is 28.8 Å². The third-order valence-corrected chi connectivity index (χ3v) is 3.87. The number of anilines is 2. The molecular formula is C18H15ClN4O. The summed E-state index contributed by atoms with van der Waals surface area (Å²) < 4.78 is 0. The van der Waals surface area contributed by atoms with E-state index in [0.717, 1.165) is 16.8 Å². The quantitative estimate of drug-likeness (QED) is 0.420. The maximum absolute atomic E-state index is 9.48. The average Bonchev–Trinajstić information content (AvgIpc) is 2.60. The number of nitrogens with one attached hydrogen (secondary N) is 1. The lowest BCUT2D eigenvalue weighted by Crippen LogP contribution is -2.06. The Morgan fingerprint density at radius 3 is 2.62 bits per heavy atom. The molecule has 0 aliphatic rings. The first-order valence-corrected chi connectivity index (χ1v) is 7.68. The summed E-state index contributed by atoms with van der Waals surface area (Å²) in [6.07, 6.45) is 4.83. The summed E-state index contributed by atoms with van der Waals surface area (Å²) in [6.45, 7) is 1.96. The van der Waals surface area contributed by atoms with Gasteiger partial charge in [-0.25, -0.2) is 4.98 Å². The first kappa shape index (κ1) is 16.0. The number of benzene rings is 2. The van der Waals surface area contributed by atoms with E-state index in [9.17, 15) is 5.21 Å². The molecule has 0 saturated carbocycles. The molecule has 0 bridgehead atoms. The molecule has 120 valence electrons. The van der Waals surface area contributed by atoms with E-state index in [4.69, 9.17) is 11.6 Å². The van der Waals surface area contributed by atoms with Crippen molar-refractivity contribution in [3.8, 4) is 0 Å². The van der Waals surface area contributed by atoms with E-state index in [2.05, 4.69) is 20.4 Å². The van der Waals surface area contributed by atoms with Crippen LogP contribution in [0.3, 0.4) is 0 Å². The normalized spacial score (nSPS) is 11.3. The van der Waals surface area contributed by atoms with Gasteiger partial charge in [-0.05, 0) is 30.7 Å². The monoisotopic (exact) mass is 338 g/mol. The summed E-state index contributed by atoms with van der Waals surface area (Å²) >= 11 is 6.40. The molecule has 0 radical (unpaired) electrons. The van der Waals surface area contributed by atoms with Crippen molar-refractivity contribution < 1.29 is 5.21 Å². The topological polar surface area (TPSA) is 70.4 Å². The number of halogens is 1. The maximum Gasteiger partial charge on any atom is 0.148 e. The zero-order chi connectivity index (χ0) is 16.9. The van der Waals surface area contributed by atoms with Gasteiger partial charge in [0.2, 0.25) is 0 Å². The molecule has 0 unspecified atom stereocenters. The van der Waals surface area contributed by atoms with E-state index in [1.807, 2.05) is 43.3 Å². The highest BCUT2D eigenvalue weighted by molar-refractivity contribution is 6.35. The summed E-state index contributed by atoms with van der Waals surface area (Å²) in [4.78, 5) is 8.16. The van der Waals surface area contributed by atoms with Crippen molar-refractivity contribution in [2.24, 2.45) is 5.16 Å². The molecule has 5 nitrogen and oxygen atoms in total. The molecule has 0 saturated heterocycles. The molecule has 3 rings (SSSR count). The Bertz CT molecular complexity index is 881. The van der Waals surface area contributed by atoms with Gasteiger partial charge in [-0.3, -0.25) is 4.98 Å². The molecule has 0 aliphatic carbocycles. The van der Waals surface area contributed by atoms with Crippen LogP contribution in [0.2, 0.25) is 5.02 Å². The van der Waals surface area contributed by atoms with Gasteiger partial charge in [-0.2, -0.15) is 0 Å². The number of hydrogen-bond donors (Lipinski definition) is 2. The van der Waals surface area contributed by atoms with Crippen LogP contribution in [0.15, 0.2) is 66.2 Å². The summed E-state index contributed by atoms with van der Waals surface area (Å²) in [5.41, 5.74) is 3.69. The Morgan fingerprint density at radius 2 is 1.96 bits per heavy atom. The Morgan fingerprint density at radius 1 is 1.12 bits per heavy atom. The number of hydrogen-bond acceptors (Lipinski definition) is 5. The van der Waals surface area contributed by atoms with E-state index in [1.54, 1.807) is 24.7 Å². The Kier molecular flexibility index (Phi) is 4.72. The summed E-state index contributed by atoms with van der Waals surface area (Å²) in [6, 6.07) is 13.1. The second kappa shape index (κ2) is 7.10. The number of aryl methyl sites for hydroxylation is 1. The van der Waals surface area contributed by atoms with Crippen molar-refractivity contribution in [3.05, 3.63) is 82.8 Å². The van der Waals surface area contributed by atoms with Crippen LogP contribution in [0.5, 0.6) is 0 Å². The van der Waals surface area contributed by atoms with Crippen LogP contribution < -0.4 is 5.32 Å². The fourth-order valence-corrected chi connectivity index (χ4v) is 2.66. The van der Waals surface area contributed by atoms with Crippen LogP contribution in [0.4, 0.5) is 11.5 Å². The van der Waals surface area contributed by atoms with Crippen molar-refractivity contribution in [2.45, 2.75) is 6.92 Å². The number of nitrogens with zero attached hydrogens (tertiary/aromatic N) is 3. The van der Waals surface area contributed by atoms with Gasteiger partial charge in [0.1, 0.15) is 11.5 Å². The molecule has 1 heterocycles. The van der Waals surface area contributed by atoms with Gasteiger partial charge in [0.25, 0.3) is 0 Å². The highest BCUT2D eigenvalue weighted by atomic mass is 35.5. The van der Waals surface area contributed by atoms with Crippen LogP contribution in [0.25, 0.3) is 0 Å². The van der Waals surface area contributed by atoms with Crippen molar-refractivity contribution in [1.29, 1.82) is 0 Å². The lowest BCUT2D eigenvalue weighted by molar-refractivity contribution is 0.319. The molecule has 0 atom stereocenters. The second-order valence-electron chi connectivity index (χ2n) is 5.17. The predicted octanol–water partition coefficient (Wildman–Crippen LogP) is 4.41. The smallest absolute Gasteiger partial charge is 0.148 e. The minimum Gasteiger partial charge on any atom is -0.410 e. The van der Waals surface area contributed by atoms with Gasteiger partial charge in [-0.1, -0.05) is 41.0 Å². The average molecular weight is 339 g/mol. The van der Waals surface area contributed by atoms with Gasteiger partial charge in [0, 0.05) is 29.2 Å². The van der Waals surface area contributed by atoms with E-state index in [0.29, 0.717) is 22.1 Å². The fraction of sp³-hybridized carbons (Fsp3) is 0.0556. The van der Waals surface area contributed by atoms with E-state index in [-0.39, 0.29) is 0 Å². The molecule has 0 amide bonds. The van der Waals surface area contributed by atoms with E-state index in [1.165, 1.54) is 0 Å². The fourth-order valence-electron chi connectivity index (χ4n) is 2.39. The maximum atomic E-state index is 9.48. The molecule has 2 aromatic carbocycles. The number of rotatable bonds is 4. The lowest BCUT2D eigenvalue weighted by atomic mass is 9.98. The SMILES string of the molecule is Cc1ccccc1C(=NO)c1ccc(Nc2cnccn2)cc1Cl. The molecule has 0 aliphatic heterocycles. The van der Waals surface area contributed by atoms with E-state index >= 15 is 0 Å². The largest absolute Gasteiger partial charge is 0.410 e. The second-order valence-corrected chi connectivity index (χ2v) is 5.58. The van der Waals surface area contributed by atoms with Gasteiger partial charge in [-0.15, -0.1) is 0 Å². The highest BCUT2D eigenvalue weighted by Crippen LogP contribution is 2.26. The molecule has 2 N–H and O–H groups in total. The summed E-state index contributed by atoms with van der Waals surface area (Å²) in [5, 5.41) is 16.5. The Labute approximate surface area is 144 Å². The molecule has 0 spiro atoms. The minimum absolute atomic E-state index is 0.434. The Hall–Kier alpha value is -2.92. The molecule has 6 heteroatoms. The third kappa shape index (κ3) is 3.36. The first-order valence-electron chi connectivity index (χ1n) is 7.30. The summed E-state index contributed by atoms with van der Waals surface area (Å²) in [7, 11) is 0. The van der Waals surface area contributed by atoms with Crippen molar-refractivity contribution in [3.63, 3.8) is 0 Å². The standard InChI is InChI=1S/C18H15ClN4O/c1-12-4-2-3-5-14(12)18(23-24)15-7-6-13(10-16(15)19)22-17-11-20-8-9-21-17/h2-11,24H,1H3,(H,21,22). The number of oxime groups is 1. The Balaban J connectivity index is 1.93. The summed E-state index contributed by atoms with van der Waals surface area (Å²) in [5.74, 6) is 0.622. The molecule has 1 aromatic heterocycles. The lowest BCUT2D eigenvalue weighted by Gasteiger charge is -2.12. The van der Waals surface area contributed by atoms with Gasteiger partial charge in [0.15, 0.2) is 0 Å². The van der Waals surface area contributed by atoms with Crippen LogP contribution in [-0.4, -0.2) is 20.9 Å². The van der Waals surface area contributed by atoms with Gasteiger partial charge in [0.05, 0.1) is 11.2 Å². The van der Waals surface area contributed by atoms with Gasteiger partial charge < -0.3 is 10.5 Å². The minimum atomic E-state index is 0.434. The third-order valence-electron chi connectivity index (χ3n) is 3.56. The highest BCUT2D eigenvalue weighted by Gasteiger charge is 2.14. The zero-order valence-electron chi connectivity index (χ0n) is 12.9. The molecule has 0 fully saturated rings. The van der Waals surface area contributed by atoms with Crippen LogP contribution >= 0.6 is 11.6 Å². The molecule has 3 aromatic rings.